The Bertz CT molecular complexity index is 6910. The van der Waals surface area contributed by atoms with E-state index < -0.39 is 0 Å². The molecule has 0 N–H and O–H groups in total. The van der Waals surface area contributed by atoms with Crippen molar-refractivity contribution in [3.05, 3.63) is 412 Å². The summed E-state index contributed by atoms with van der Waals surface area (Å²) in [5.74, 6) is 0. The molecule has 0 saturated heterocycles. The number of para-hydroxylation sites is 7. The van der Waals surface area contributed by atoms with Gasteiger partial charge in [0.15, 0.2) is 0 Å². The Morgan fingerprint density at radius 1 is 0.193 bits per heavy atom. The number of fused-ring (bicyclic) bond motifs is 18. The fourth-order valence-electron chi connectivity index (χ4n) is 18.0. The molecule has 0 amide bonds. The number of hydrogen-bond donors (Lipinski definition) is 0. The quantitative estimate of drug-likeness (QED) is 0.125. The summed E-state index contributed by atoms with van der Waals surface area (Å²) in [5.41, 5.74) is 28.9. The number of rotatable bonds is 10. The van der Waals surface area contributed by atoms with E-state index in [0.717, 1.165) is 34.1 Å². The maximum absolute atomic E-state index is 2.45. The summed E-state index contributed by atoms with van der Waals surface area (Å²) in [7, 11) is 0. The molecule has 4 nitrogen and oxygen atoms in total. The lowest BCUT2D eigenvalue weighted by atomic mass is 9.82. The molecule has 0 atom stereocenters. The van der Waals surface area contributed by atoms with Gasteiger partial charge in [-0.15, -0.1) is 0 Å². The molecule has 0 bridgehead atoms. The number of nitrogens with zero attached hydrogens (tertiary/aromatic N) is 4. The van der Waals surface area contributed by atoms with Crippen LogP contribution in [-0.2, 0) is 5.41 Å². The third kappa shape index (κ3) is 10.4. The van der Waals surface area contributed by atoms with Crippen molar-refractivity contribution in [2.75, 3.05) is 4.90 Å². The number of benzene rings is 18. The molecule has 512 valence electrons. The molecule has 21 aromatic rings. The Balaban J connectivity index is 0.000000139. The summed E-state index contributed by atoms with van der Waals surface area (Å²) in [6.45, 7) is 4.72. The summed E-state index contributed by atoms with van der Waals surface area (Å²) in [4.78, 5) is 2.45. The first-order valence-electron chi connectivity index (χ1n) is 37.8. The molecule has 3 aromatic heterocycles. The Morgan fingerprint density at radius 2 is 0.550 bits per heavy atom. The Kier molecular flexibility index (Phi) is 14.9. The molecule has 1 aliphatic rings. The van der Waals surface area contributed by atoms with Crippen molar-refractivity contribution in [1.29, 1.82) is 0 Å². The molecular weight excluding hydrogens is 1320 g/mol. The molecule has 22 rings (SSSR count). The van der Waals surface area contributed by atoms with Crippen molar-refractivity contribution < 1.29 is 0 Å². The SMILES string of the molecule is CC1(C)c2ccccc2-c2ccc(N(c3ccc(-c4ccccc4)cc3)c3ccccc3-c3ccc4c5ccccc5c5ccccc5c4c3)cc21.c1ccc(-n2c3ccccc3c3cc(-c4cc(-c5ccc6c(c5)c5ccccc5n6-c5ccccc5)cc(-n5c6ccccc6c6ccccc65)c4)ccc32)cc1. The number of anilines is 3. The van der Waals surface area contributed by atoms with Crippen molar-refractivity contribution in [2.45, 2.75) is 19.3 Å². The zero-order chi connectivity index (χ0) is 72.3. The lowest BCUT2D eigenvalue weighted by molar-refractivity contribution is 0.660. The minimum atomic E-state index is -0.105. The van der Waals surface area contributed by atoms with Crippen LogP contribution in [0.2, 0.25) is 0 Å². The molecular formula is C105H72N4. The average Bonchev–Trinajstić information content (AvgIpc) is 1.70. The fourth-order valence-corrected chi connectivity index (χ4v) is 18.0. The van der Waals surface area contributed by atoms with Gasteiger partial charge in [-0.3, -0.25) is 0 Å². The van der Waals surface area contributed by atoms with Crippen LogP contribution in [0.4, 0.5) is 17.1 Å². The summed E-state index contributed by atoms with van der Waals surface area (Å²) < 4.78 is 7.21. The molecule has 109 heavy (non-hydrogen) atoms. The van der Waals surface area contributed by atoms with E-state index in [2.05, 4.69) is 433 Å². The van der Waals surface area contributed by atoms with E-state index in [0.29, 0.717) is 0 Å². The van der Waals surface area contributed by atoms with E-state index in [1.165, 1.54) is 164 Å². The first kappa shape index (κ1) is 63.4. The molecule has 3 heterocycles. The second-order valence-electron chi connectivity index (χ2n) is 29.5. The van der Waals surface area contributed by atoms with E-state index in [1.807, 2.05) is 0 Å². The predicted octanol–water partition coefficient (Wildman–Crippen LogP) is 28.6. The lowest BCUT2D eigenvalue weighted by Crippen LogP contribution is -2.16. The minimum absolute atomic E-state index is 0.105. The number of aromatic nitrogens is 3. The van der Waals surface area contributed by atoms with Crippen molar-refractivity contribution >= 4 is 115 Å². The molecule has 0 aliphatic heterocycles. The summed E-state index contributed by atoms with van der Waals surface area (Å²) in [5, 5.41) is 15.2. The maximum Gasteiger partial charge on any atom is 0.0541 e. The van der Waals surface area contributed by atoms with Crippen LogP contribution in [-0.4, -0.2) is 13.7 Å². The van der Waals surface area contributed by atoms with Crippen LogP contribution in [0.5, 0.6) is 0 Å². The molecule has 0 unspecified atom stereocenters. The van der Waals surface area contributed by atoms with E-state index in [-0.39, 0.29) is 5.41 Å². The first-order chi connectivity index (χ1) is 53.8. The maximum atomic E-state index is 2.45. The summed E-state index contributed by atoms with van der Waals surface area (Å²) in [6.07, 6.45) is 0. The second kappa shape index (κ2) is 25.6. The average molecular weight is 1390 g/mol. The Morgan fingerprint density at radius 3 is 1.08 bits per heavy atom. The van der Waals surface area contributed by atoms with Crippen molar-refractivity contribution in [3.63, 3.8) is 0 Å². The van der Waals surface area contributed by atoms with Crippen molar-refractivity contribution in [3.8, 4) is 72.7 Å². The van der Waals surface area contributed by atoms with Gasteiger partial charge in [0.25, 0.3) is 0 Å². The van der Waals surface area contributed by atoms with E-state index in [1.54, 1.807) is 0 Å². The van der Waals surface area contributed by atoms with Gasteiger partial charge in [-0.05, 0) is 221 Å². The van der Waals surface area contributed by atoms with E-state index in [9.17, 15) is 0 Å². The van der Waals surface area contributed by atoms with Crippen LogP contribution < -0.4 is 4.90 Å². The standard InChI is InChI=1S/C54H35N3.C51H37N/c1-3-15-40(16-4-1)55-51-25-13-9-21-45(51)47-34-36(27-29-53(47)55)38-31-39(33-42(32-38)57-49-23-11-7-19-43(49)44-20-8-12-24-50(44)57)37-28-30-54-48(35-37)46-22-10-14-26-52(46)56(54)41-17-5-2-6-18-41;1-51(2)48-22-12-10-21-45(48)46-31-29-38(33-49(46)51)52(37-27-24-35(25-28-37)34-14-4-3-5-15-34)50-23-13-11-16-39(50)36-26-30-44-42-19-7-6-17-40(42)41-18-8-9-20-43(41)47(44)32-36/h1-35H;3-33H,1-2H3. The first-order valence-corrected chi connectivity index (χ1v) is 37.8. The molecule has 0 spiro atoms. The predicted molar refractivity (Wildman–Crippen MR) is 462 cm³/mol. The highest BCUT2D eigenvalue weighted by Crippen LogP contribution is 2.52. The molecule has 18 aromatic carbocycles. The highest BCUT2D eigenvalue weighted by Gasteiger charge is 2.36. The van der Waals surface area contributed by atoms with Crippen LogP contribution >= 0.6 is 0 Å². The smallest absolute Gasteiger partial charge is 0.0541 e. The van der Waals surface area contributed by atoms with Crippen molar-refractivity contribution in [1.82, 2.24) is 13.7 Å². The van der Waals surface area contributed by atoms with Crippen LogP contribution in [0, 0.1) is 0 Å². The molecule has 0 radical (unpaired) electrons. The van der Waals surface area contributed by atoms with Gasteiger partial charge in [0.2, 0.25) is 0 Å². The normalized spacial score (nSPS) is 12.4. The van der Waals surface area contributed by atoms with E-state index >= 15 is 0 Å². The van der Waals surface area contributed by atoms with Gasteiger partial charge < -0.3 is 18.6 Å². The Labute approximate surface area is 632 Å². The van der Waals surface area contributed by atoms with Gasteiger partial charge in [0, 0.05) is 71.7 Å². The van der Waals surface area contributed by atoms with Gasteiger partial charge in [-0.2, -0.15) is 0 Å². The molecule has 4 heteroatoms. The highest BCUT2D eigenvalue weighted by atomic mass is 15.1. The molecule has 0 fully saturated rings. The van der Waals surface area contributed by atoms with Crippen LogP contribution in [0.3, 0.4) is 0 Å². The van der Waals surface area contributed by atoms with Gasteiger partial charge in [0.1, 0.15) is 0 Å². The van der Waals surface area contributed by atoms with Gasteiger partial charge in [-0.1, -0.05) is 287 Å². The third-order valence-corrected chi connectivity index (χ3v) is 23.1. The molecule has 0 saturated carbocycles. The van der Waals surface area contributed by atoms with Gasteiger partial charge in [0.05, 0.1) is 38.8 Å². The highest BCUT2D eigenvalue weighted by molar-refractivity contribution is 6.26. The third-order valence-electron chi connectivity index (χ3n) is 23.1. The van der Waals surface area contributed by atoms with E-state index in [4.69, 9.17) is 0 Å². The van der Waals surface area contributed by atoms with Gasteiger partial charge >= 0.3 is 0 Å². The second-order valence-corrected chi connectivity index (χ2v) is 29.5. The minimum Gasteiger partial charge on any atom is -0.310 e. The largest absolute Gasteiger partial charge is 0.310 e. The zero-order valence-corrected chi connectivity index (χ0v) is 60.4. The zero-order valence-electron chi connectivity index (χ0n) is 60.4. The van der Waals surface area contributed by atoms with Crippen LogP contribution in [0.15, 0.2) is 400 Å². The summed E-state index contributed by atoms with van der Waals surface area (Å²) in [6, 6.07) is 147. The monoisotopic (exact) mass is 1390 g/mol. The molecule has 1 aliphatic carbocycles. The number of hydrogen-bond acceptors (Lipinski definition) is 1. The fraction of sp³-hybridized carbons (Fsp3) is 0.0286. The van der Waals surface area contributed by atoms with Crippen LogP contribution in [0.25, 0.3) is 170 Å². The summed E-state index contributed by atoms with van der Waals surface area (Å²) >= 11 is 0. The topological polar surface area (TPSA) is 18.0 Å². The Hall–Kier alpha value is -14.1. The lowest BCUT2D eigenvalue weighted by Gasteiger charge is -2.30. The van der Waals surface area contributed by atoms with Crippen LogP contribution in [0.1, 0.15) is 25.0 Å². The van der Waals surface area contributed by atoms with Gasteiger partial charge in [-0.25, -0.2) is 0 Å². The van der Waals surface area contributed by atoms with Crippen molar-refractivity contribution in [2.24, 2.45) is 0 Å².